The fraction of sp³-hybridized carbons (Fsp3) is 0.833. The van der Waals surface area contributed by atoms with Crippen molar-refractivity contribution in [2.45, 2.75) is 53.0 Å². The molecular formula is C12H23NO3. The highest BCUT2D eigenvalue weighted by Crippen LogP contribution is 2.21. The van der Waals surface area contributed by atoms with Crippen molar-refractivity contribution in [3.63, 3.8) is 0 Å². The van der Waals surface area contributed by atoms with E-state index >= 15 is 0 Å². The summed E-state index contributed by atoms with van der Waals surface area (Å²) in [5.41, 5.74) is 0. The predicted molar refractivity (Wildman–Crippen MR) is 63.1 cm³/mol. The van der Waals surface area contributed by atoms with Crippen molar-refractivity contribution in [3.8, 4) is 0 Å². The second-order valence-corrected chi connectivity index (χ2v) is 4.58. The maximum absolute atomic E-state index is 10.9. The van der Waals surface area contributed by atoms with Gasteiger partial charge in [0.05, 0.1) is 0 Å². The molecule has 0 aromatic heterocycles. The zero-order valence-electron chi connectivity index (χ0n) is 10.6. The van der Waals surface area contributed by atoms with E-state index in [1.165, 1.54) is 6.92 Å². The van der Waals surface area contributed by atoms with Crippen molar-refractivity contribution in [3.05, 3.63) is 0 Å². The van der Waals surface area contributed by atoms with E-state index in [1.807, 2.05) is 0 Å². The third-order valence-corrected chi connectivity index (χ3v) is 2.97. The Morgan fingerprint density at radius 2 is 1.81 bits per heavy atom. The minimum absolute atomic E-state index is 0.287. The molecule has 0 aromatic carbocycles. The molecule has 1 amide bonds. The Hall–Kier alpha value is -1.06. The Kier molecular flexibility index (Phi) is 6.77. The van der Waals surface area contributed by atoms with Crippen LogP contribution in [0.2, 0.25) is 0 Å². The first kappa shape index (κ1) is 14.9. The summed E-state index contributed by atoms with van der Waals surface area (Å²) >= 11 is 0. The number of nitrogens with one attached hydrogen (secondary N) is 1. The lowest BCUT2D eigenvalue weighted by atomic mass is 9.87. The maximum Gasteiger partial charge on any atom is 0.326 e. The molecule has 2 unspecified atom stereocenters. The van der Waals surface area contributed by atoms with Crippen molar-refractivity contribution in [2.75, 3.05) is 0 Å². The summed E-state index contributed by atoms with van der Waals surface area (Å²) in [4.78, 5) is 21.7. The SMILES string of the molecule is CCC(CCC(NC(C)=O)C(=O)O)C(C)C. The van der Waals surface area contributed by atoms with Crippen LogP contribution in [0.25, 0.3) is 0 Å². The summed E-state index contributed by atoms with van der Waals surface area (Å²) in [5.74, 6) is -0.161. The molecule has 0 aromatic rings. The molecule has 0 fully saturated rings. The van der Waals surface area contributed by atoms with Crippen LogP contribution in [0.15, 0.2) is 0 Å². The number of aliphatic carboxylic acids is 1. The minimum Gasteiger partial charge on any atom is -0.480 e. The summed E-state index contributed by atoms with van der Waals surface area (Å²) in [5, 5.41) is 11.4. The quantitative estimate of drug-likeness (QED) is 0.702. The van der Waals surface area contributed by atoms with Crippen molar-refractivity contribution in [1.82, 2.24) is 5.32 Å². The molecule has 2 atom stereocenters. The van der Waals surface area contributed by atoms with Crippen LogP contribution in [0.5, 0.6) is 0 Å². The molecule has 94 valence electrons. The second-order valence-electron chi connectivity index (χ2n) is 4.58. The summed E-state index contributed by atoms with van der Waals surface area (Å²) < 4.78 is 0. The molecule has 0 radical (unpaired) electrons. The molecule has 0 spiro atoms. The van der Waals surface area contributed by atoms with Gasteiger partial charge in [0.2, 0.25) is 5.91 Å². The molecule has 0 aliphatic carbocycles. The van der Waals surface area contributed by atoms with Crippen LogP contribution in [0.4, 0.5) is 0 Å². The summed E-state index contributed by atoms with van der Waals surface area (Å²) in [7, 11) is 0. The van der Waals surface area contributed by atoms with E-state index in [2.05, 4.69) is 26.1 Å². The number of rotatable bonds is 7. The van der Waals surface area contributed by atoms with Gasteiger partial charge in [-0.2, -0.15) is 0 Å². The van der Waals surface area contributed by atoms with Gasteiger partial charge in [-0.15, -0.1) is 0 Å². The van der Waals surface area contributed by atoms with Gasteiger partial charge >= 0.3 is 5.97 Å². The first-order chi connectivity index (χ1) is 7.38. The third kappa shape index (κ3) is 5.73. The van der Waals surface area contributed by atoms with Crippen molar-refractivity contribution in [2.24, 2.45) is 11.8 Å². The monoisotopic (exact) mass is 229 g/mol. The Bertz CT molecular complexity index is 238. The van der Waals surface area contributed by atoms with Crippen LogP contribution in [-0.4, -0.2) is 23.0 Å². The summed E-state index contributed by atoms with van der Waals surface area (Å²) in [6, 6.07) is -0.745. The zero-order chi connectivity index (χ0) is 12.7. The van der Waals surface area contributed by atoms with E-state index < -0.39 is 12.0 Å². The molecule has 2 N–H and O–H groups in total. The Labute approximate surface area is 97.4 Å². The van der Waals surface area contributed by atoms with Gasteiger partial charge in [0.1, 0.15) is 6.04 Å². The van der Waals surface area contributed by atoms with E-state index in [9.17, 15) is 9.59 Å². The minimum atomic E-state index is -0.950. The highest BCUT2D eigenvalue weighted by Gasteiger charge is 2.20. The molecule has 0 rings (SSSR count). The smallest absolute Gasteiger partial charge is 0.326 e. The molecule has 0 saturated carbocycles. The van der Waals surface area contributed by atoms with Gasteiger partial charge in [-0.1, -0.05) is 27.2 Å². The van der Waals surface area contributed by atoms with E-state index in [1.54, 1.807) is 0 Å². The summed E-state index contributed by atoms with van der Waals surface area (Å²) in [6.07, 6.45) is 2.39. The van der Waals surface area contributed by atoms with Gasteiger partial charge in [0.25, 0.3) is 0 Å². The van der Waals surface area contributed by atoms with E-state index in [4.69, 9.17) is 5.11 Å². The first-order valence-corrected chi connectivity index (χ1v) is 5.88. The number of carbonyl (C=O) groups excluding carboxylic acids is 1. The average Bonchev–Trinajstić information content (AvgIpc) is 2.15. The fourth-order valence-corrected chi connectivity index (χ4v) is 1.89. The van der Waals surface area contributed by atoms with Crippen LogP contribution in [0.1, 0.15) is 47.0 Å². The standard InChI is InChI=1S/C12H23NO3/c1-5-10(8(2)3)6-7-11(12(15)16)13-9(4)14/h8,10-11H,5-7H2,1-4H3,(H,13,14)(H,15,16). The molecule has 0 aliphatic rings. The van der Waals surface area contributed by atoms with Crippen molar-refractivity contribution in [1.29, 1.82) is 0 Å². The lowest BCUT2D eigenvalue weighted by molar-refractivity contribution is -0.141. The third-order valence-electron chi connectivity index (χ3n) is 2.97. The van der Waals surface area contributed by atoms with Gasteiger partial charge in [-0.3, -0.25) is 4.79 Å². The normalized spacial score (nSPS) is 14.6. The van der Waals surface area contributed by atoms with Gasteiger partial charge in [0, 0.05) is 6.92 Å². The number of carboxylic acid groups (broad SMARTS) is 1. The van der Waals surface area contributed by atoms with Gasteiger partial charge in [-0.05, 0) is 24.7 Å². The summed E-state index contributed by atoms with van der Waals surface area (Å²) in [6.45, 7) is 7.74. The largest absolute Gasteiger partial charge is 0.480 e. The molecular weight excluding hydrogens is 206 g/mol. The Morgan fingerprint density at radius 1 is 1.25 bits per heavy atom. The number of carbonyl (C=O) groups is 2. The molecule has 4 heteroatoms. The first-order valence-electron chi connectivity index (χ1n) is 5.88. The van der Waals surface area contributed by atoms with Crippen LogP contribution in [-0.2, 0) is 9.59 Å². The highest BCUT2D eigenvalue weighted by atomic mass is 16.4. The average molecular weight is 229 g/mol. The number of carboxylic acids is 1. The fourth-order valence-electron chi connectivity index (χ4n) is 1.89. The van der Waals surface area contributed by atoms with Crippen LogP contribution in [0.3, 0.4) is 0 Å². The van der Waals surface area contributed by atoms with E-state index in [-0.39, 0.29) is 5.91 Å². The van der Waals surface area contributed by atoms with Crippen LogP contribution < -0.4 is 5.32 Å². The lowest BCUT2D eigenvalue weighted by Gasteiger charge is -2.21. The van der Waals surface area contributed by atoms with E-state index in [0.717, 1.165) is 12.8 Å². The maximum atomic E-state index is 10.9. The molecule has 16 heavy (non-hydrogen) atoms. The van der Waals surface area contributed by atoms with Crippen LogP contribution in [0, 0.1) is 11.8 Å². The molecule has 0 saturated heterocycles. The van der Waals surface area contributed by atoms with Gasteiger partial charge in [0.15, 0.2) is 0 Å². The second kappa shape index (κ2) is 7.25. The highest BCUT2D eigenvalue weighted by molar-refractivity contribution is 5.81. The molecule has 0 aliphatic heterocycles. The van der Waals surface area contributed by atoms with Crippen molar-refractivity contribution < 1.29 is 14.7 Å². The van der Waals surface area contributed by atoms with Crippen molar-refractivity contribution >= 4 is 11.9 Å². The topological polar surface area (TPSA) is 66.4 Å². The van der Waals surface area contributed by atoms with Gasteiger partial charge < -0.3 is 10.4 Å². The number of hydrogen-bond acceptors (Lipinski definition) is 2. The molecule has 4 nitrogen and oxygen atoms in total. The Morgan fingerprint density at radius 3 is 2.12 bits per heavy atom. The van der Waals surface area contributed by atoms with Crippen LogP contribution >= 0.6 is 0 Å². The lowest BCUT2D eigenvalue weighted by Crippen LogP contribution is -2.39. The Balaban J connectivity index is 4.20. The van der Waals surface area contributed by atoms with E-state index in [0.29, 0.717) is 18.3 Å². The number of amides is 1. The predicted octanol–water partition coefficient (Wildman–Crippen LogP) is 2.04. The molecule has 0 heterocycles. The van der Waals surface area contributed by atoms with Gasteiger partial charge in [-0.25, -0.2) is 4.79 Å². The number of hydrogen-bond donors (Lipinski definition) is 2. The zero-order valence-corrected chi connectivity index (χ0v) is 10.6. The molecule has 0 bridgehead atoms.